The predicted molar refractivity (Wildman–Crippen MR) is 166 cm³/mol. The van der Waals surface area contributed by atoms with Crippen LogP contribution in [0.4, 0.5) is 5.69 Å². The smallest absolute Gasteiger partial charge is 0.243 e. The Balaban J connectivity index is 1.85. The molecule has 7 nitrogen and oxygen atoms in total. The maximum absolute atomic E-state index is 13.8. The van der Waals surface area contributed by atoms with Crippen molar-refractivity contribution >= 4 is 39.1 Å². The average Bonchev–Trinajstić information content (AvgIpc) is 2.96. The van der Waals surface area contributed by atoms with Crippen LogP contribution in [-0.4, -0.2) is 50.5 Å². The van der Waals surface area contributed by atoms with Crippen molar-refractivity contribution < 1.29 is 18.0 Å². The Bertz CT molecular complexity index is 1360. The zero-order chi connectivity index (χ0) is 29.8. The first-order valence-electron chi connectivity index (χ1n) is 14.0. The Morgan fingerprint density at radius 2 is 1.51 bits per heavy atom. The van der Waals surface area contributed by atoms with Crippen LogP contribution in [0.25, 0.3) is 0 Å². The van der Waals surface area contributed by atoms with Gasteiger partial charge in [0, 0.05) is 37.5 Å². The minimum Gasteiger partial charge on any atom is -0.354 e. The summed E-state index contributed by atoms with van der Waals surface area (Å²) in [5.41, 5.74) is 3.46. The van der Waals surface area contributed by atoms with Gasteiger partial charge in [0.25, 0.3) is 0 Å². The highest BCUT2D eigenvalue weighted by molar-refractivity contribution is 7.92. The lowest BCUT2D eigenvalue weighted by atomic mass is 10.0. The van der Waals surface area contributed by atoms with Crippen LogP contribution in [-0.2, 0) is 39.0 Å². The molecule has 3 aromatic rings. The number of amides is 2. The fraction of sp³-hybridized carbons (Fsp3) is 0.375. The molecule has 1 unspecified atom stereocenters. The molecule has 0 aromatic heterocycles. The van der Waals surface area contributed by atoms with E-state index in [0.29, 0.717) is 30.1 Å². The second-order valence-electron chi connectivity index (χ2n) is 10.1. The summed E-state index contributed by atoms with van der Waals surface area (Å²) in [5, 5.41) is 3.55. The molecule has 3 rings (SSSR count). The molecule has 1 N–H and O–H groups in total. The third-order valence-corrected chi connectivity index (χ3v) is 8.32. The van der Waals surface area contributed by atoms with Gasteiger partial charge in [0.05, 0.1) is 11.9 Å². The normalized spacial score (nSPS) is 12.0. The van der Waals surface area contributed by atoms with Gasteiger partial charge in [-0.25, -0.2) is 8.42 Å². The Morgan fingerprint density at radius 1 is 0.878 bits per heavy atom. The zero-order valence-electron chi connectivity index (χ0n) is 24.1. The second-order valence-corrected chi connectivity index (χ2v) is 12.4. The molecule has 9 heteroatoms. The van der Waals surface area contributed by atoms with E-state index in [1.807, 2.05) is 68.4 Å². The third-order valence-electron chi connectivity index (χ3n) is 6.87. The Hall–Kier alpha value is -3.36. The number of aryl methyl sites for hydroxylation is 1. The highest BCUT2D eigenvalue weighted by Gasteiger charge is 2.30. The van der Waals surface area contributed by atoms with E-state index in [-0.39, 0.29) is 31.3 Å². The lowest BCUT2D eigenvalue weighted by Crippen LogP contribution is -2.50. The molecule has 0 radical (unpaired) electrons. The van der Waals surface area contributed by atoms with Gasteiger partial charge in [0.15, 0.2) is 0 Å². The number of hydrogen-bond donors (Lipinski definition) is 1. The van der Waals surface area contributed by atoms with E-state index in [2.05, 4.69) is 5.32 Å². The summed E-state index contributed by atoms with van der Waals surface area (Å²) in [6.07, 6.45) is 3.53. The molecule has 41 heavy (non-hydrogen) atoms. The van der Waals surface area contributed by atoms with E-state index in [9.17, 15) is 18.0 Å². The van der Waals surface area contributed by atoms with Crippen LogP contribution in [0.5, 0.6) is 0 Å². The molecule has 0 saturated carbocycles. The van der Waals surface area contributed by atoms with Gasteiger partial charge in [0.2, 0.25) is 21.8 Å². The summed E-state index contributed by atoms with van der Waals surface area (Å²) in [4.78, 5) is 28.9. The lowest BCUT2D eigenvalue weighted by molar-refractivity contribution is -0.141. The zero-order valence-corrected chi connectivity index (χ0v) is 25.6. The third kappa shape index (κ3) is 9.90. The Kier molecular flexibility index (Phi) is 12.2. The highest BCUT2D eigenvalue weighted by atomic mass is 35.5. The SMILES string of the molecule is CCCNC(=O)C(Cc1ccccc1)N(Cc1ccc(Cl)cc1)C(=O)CCCN(c1ccc(CC)cc1)S(C)(=O)=O. The van der Waals surface area contributed by atoms with Gasteiger partial charge >= 0.3 is 0 Å². The molecule has 3 aromatic carbocycles. The molecule has 0 spiro atoms. The van der Waals surface area contributed by atoms with Crippen molar-refractivity contribution in [2.75, 3.05) is 23.7 Å². The number of nitrogens with one attached hydrogen (secondary N) is 1. The predicted octanol–water partition coefficient (Wildman–Crippen LogP) is 5.61. The molecule has 1 atom stereocenters. The van der Waals surface area contributed by atoms with Gasteiger partial charge in [-0.05, 0) is 60.2 Å². The van der Waals surface area contributed by atoms with Crippen molar-refractivity contribution in [3.05, 3.63) is 101 Å². The van der Waals surface area contributed by atoms with Crippen LogP contribution < -0.4 is 9.62 Å². The molecule has 0 aliphatic heterocycles. The summed E-state index contributed by atoms with van der Waals surface area (Å²) in [7, 11) is -3.56. The Labute approximate surface area is 249 Å². The number of halogens is 1. The number of sulfonamides is 1. The van der Waals surface area contributed by atoms with Gasteiger partial charge in [-0.15, -0.1) is 0 Å². The van der Waals surface area contributed by atoms with Crippen LogP contribution in [0.2, 0.25) is 5.02 Å². The van der Waals surface area contributed by atoms with Gasteiger partial charge in [-0.1, -0.05) is 80.0 Å². The largest absolute Gasteiger partial charge is 0.354 e. The van der Waals surface area contributed by atoms with Gasteiger partial charge in [-0.2, -0.15) is 0 Å². The van der Waals surface area contributed by atoms with Crippen LogP contribution >= 0.6 is 11.6 Å². The molecule has 0 fully saturated rings. The second kappa shape index (κ2) is 15.6. The minimum atomic E-state index is -3.56. The molecular formula is C32H40ClN3O4S. The molecular weight excluding hydrogens is 558 g/mol. The van der Waals surface area contributed by atoms with Crippen molar-refractivity contribution in [1.29, 1.82) is 0 Å². The quantitative estimate of drug-likeness (QED) is 0.247. The fourth-order valence-corrected chi connectivity index (χ4v) is 5.70. The van der Waals surface area contributed by atoms with Gasteiger partial charge in [-0.3, -0.25) is 13.9 Å². The number of carbonyl (C=O) groups is 2. The van der Waals surface area contributed by atoms with Gasteiger partial charge in [0.1, 0.15) is 6.04 Å². The van der Waals surface area contributed by atoms with Crippen LogP contribution in [0.1, 0.15) is 49.8 Å². The molecule has 2 amide bonds. The number of hydrogen-bond acceptors (Lipinski definition) is 4. The van der Waals surface area contributed by atoms with E-state index in [4.69, 9.17) is 11.6 Å². The summed E-state index contributed by atoms with van der Waals surface area (Å²) in [6.45, 7) is 4.90. The molecule has 0 aliphatic rings. The summed E-state index contributed by atoms with van der Waals surface area (Å²) in [6, 6.07) is 23.5. The molecule has 0 aliphatic carbocycles. The van der Waals surface area contributed by atoms with Gasteiger partial charge < -0.3 is 10.2 Å². The molecule has 0 bridgehead atoms. The summed E-state index contributed by atoms with van der Waals surface area (Å²) < 4.78 is 26.6. The number of rotatable bonds is 15. The number of benzene rings is 3. The molecule has 220 valence electrons. The van der Waals surface area contributed by atoms with Crippen molar-refractivity contribution in [3.63, 3.8) is 0 Å². The molecule has 0 saturated heterocycles. The Morgan fingerprint density at radius 3 is 2.10 bits per heavy atom. The van der Waals surface area contributed by atoms with Crippen molar-refractivity contribution in [1.82, 2.24) is 10.2 Å². The van der Waals surface area contributed by atoms with Crippen molar-refractivity contribution in [2.45, 2.75) is 58.5 Å². The maximum Gasteiger partial charge on any atom is 0.243 e. The number of nitrogens with zero attached hydrogens (tertiary/aromatic N) is 2. The summed E-state index contributed by atoms with van der Waals surface area (Å²) >= 11 is 6.09. The average molecular weight is 598 g/mol. The first kappa shape index (κ1) is 32.2. The summed E-state index contributed by atoms with van der Waals surface area (Å²) in [5.74, 6) is -0.436. The number of carbonyl (C=O) groups excluding carboxylic acids is 2. The first-order chi connectivity index (χ1) is 19.6. The van der Waals surface area contributed by atoms with E-state index in [1.165, 1.54) is 10.6 Å². The fourth-order valence-electron chi connectivity index (χ4n) is 4.61. The van der Waals surface area contributed by atoms with E-state index < -0.39 is 16.1 Å². The van der Waals surface area contributed by atoms with Crippen molar-refractivity contribution in [3.8, 4) is 0 Å². The number of anilines is 1. The lowest BCUT2D eigenvalue weighted by Gasteiger charge is -2.32. The first-order valence-corrected chi connectivity index (χ1v) is 16.3. The monoisotopic (exact) mass is 597 g/mol. The maximum atomic E-state index is 13.8. The van der Waals surface area contributed by atoms with Crippen LogP contribution in [0, 0.1) is 0 Å². The minimum absolute atomic E-state index is 0.0823. The standard InChI is InChI=1S/C32H40ClN3O4S/c1-4-21-34-32(38)30(23-26-10-7-6-8-11-26)35(24-27-13-17-28(33)18-14-27)31(37)12-9-22-36(41(3,39)40)29-19-15-25(5-2)16-20-29/h6-8,10-11,13-20,30H,4-5,9,12,21-24H2,1-3H3,(H,34,38). The van der Waals surface area contributed by atoms with E-state index >= 15 is 0 Å². The van der Waals surface area contributed by atoms with E-state index in [1.54, 1.807) is 29.2 Å². The highest BCUT2D eigenvalue weighted by Crippen LogP contribution is 2.21. The topological polar surface area (TPSA) is 86.8 Å². The van der Waals surface area contributed by atoms with Crippen LogP contribution in [0.3, 0.4) is 0 Å². The van der Waals surface area contributed by atoms with Crippen LogP contribution in [0.15, 0.2) is 78.9 Å². The van der Waals surface area contributed by atoms with Crippen molar-refractivity contribution in [2.24, 2.45) is 0 Å². The van der Waals surface area contributed by atoms with E-state index in [0.717, 1.165) is 29.5 Å². The molecule has 0 heterocycles.